The van der Waals surface area contributed by atoms with Crippen molar-refractivity contribution < 1.29 is 0 Å². The molecule has 2 rings (SSSR count). The van der Waals surface area contributed by atoms with Gasteiger partial charge in [-0.05, 0) is 43.7 Å². The lowest BCUT2D eigenvalue weighted by molar-refractivity contribution is 0.836. The van der Waals surface area contributed by atoms with Gasteiger partial charge in [0.05, 0.1) is 0 Å². The first kappa shape index (κ1) is 14.5. The monoisotopic (exact) mass is 287 g/mol. The van der Waals surface area contributed by atoms with Gasteiger partial charge in [-0.25, -0.2) is 0 Å². The summed E-state index contributed by atoms with van der Waals surface area (Å²) in [6.45, 7) is 4.11. The summed E-state index contributed by atoms with van der Waals surface area (Å²) in [5.74, 6) is 1.37. The Balaban J connectivity index is 2.24. The van der Waals surface area contributed by atoms with Gasteiger partial charge in [-0.1, -0.05) is 12.1 Å². The van der Waals surface area contributed by atoms with E-state index in [1.807, 2.05) is 36.4 Å². The van der Waals surface area contributed by atoms with Crippen molar-refractivity contribution in [1.82, 2.24) is 4.98 Å². The summed E-state index contributed by atoms with van der Waals surface area (Å²) in [7, 11) is 0. The molecule has 0 unspecified atom stereocenters. The van der Waals surface area contributed by atoms with Crippen LogP contribution in [0.3, 0.4) is 0 Å². The van der Waals surface area contributed by atoms with Crippen molar-refractivity contribution in [2.45, 2.75) is 25.8 Å². The van der Waals surface area contributed by atoms with Crippen molar-refractivity contribution in [2.24, 2.45) is 4.99 Å². The lowest BCUT2D eigenvalue weighted by atomic mass is 10.2. The average molecular weight is 288 g/mol. The zero-order chi connectivity index (χ0) is 14.4. The average Bonchev–Trinajstić information content (AvgIpc) is 2.48. The summed E-state index contributed by atoms with van der Waals surface area (Å²) < 4.78 is 0. The highest BCUT2D eigenvalue weighted by Gasteiger charge is 2.05. The van der Waals surface area contributed by atoms with Crippen LogP contribution in [-0.2, 0) is 5.88 Å². The predicted octanol–water partition coefficient (Wildman–Crippen LogP) is 4.09. The van der Waals surface area contributed by atoms with E-state index < -0.39 is 0 Å². The van der Waals surface area contributed by atoms with Gasteiger partial charge in [0, 0.05) is 35.6 Å². The number of alkyl halides is 1. The fourth-order valence-corrected chi connectivity index (χ4v) is 1.94. The molecule has 0 bridgehead atoms. The Labute approximate surface area is 124 Å². The van der Waals surface area contributed by atoms with Crippen molar-refractivity contribution in [1.29, 1.82) is 0 Å². The van der Waals surface area contributed by atoms with Crippen molar-refractivity contribution in [3.05, 3.63) is 59.9 Å². The predicted molar refractivity (Wildman–Crippen MR) is 85.5 cm³/mol. The van der Waals surface area contributed by atoms with Crippen LogP contribution in [0, 0.1) is 0 Å². The second-order valence-corrected chi connectivity index (χ2v) is 5.03. The molecule has 0 saturated heterocycles. The van der Waals surface area contributed by atoms with E-state index in [1.165, 1.54) is 0 Å². The minimum absolute atomic E-state index is 0.216. The van der Waals surface area contributed by atoms with Gasteiger partial charge >= 0.3 is 0 Å². The molecular formula is C16H18ClN3. The van der Waals surface area contributed by atoms with Crippen LogP contribution in [0.5, 0.6) is 0 Å². The number of hydrogen-bond donors (Lipinski definition) is 1. The second-order valence-electron chi connectivity index (χ2n) is 4.76. The molecule has 0 spiro atoms. The zero-order valence-electron chi connectivity index (χ0n) is 11.7. The minimum Gasteiger partial charge on any atom is -0.340 e. The van der Waals surface area contributed by atoms with Gasteiger partial charge < -0.3 is 5.32 Å². The SMILES string of the molecule is CC(C)N=C(Nc1ccc(CCl)cc1)c1ccncc1. The first-order chi connectivity index (χ1) is 9.69. The van der Waals surface area contributed by atoms with E-state index in [0.717, 1.165) is 22.6 Å². The van der Waals surface area contributed by atoms with E-state index in [1.54, 1.807) is 12.4 Å². The number of aliphatic imine (C=N–C) groups is 1. The summed E-state index contributed by atoms with van der Waals surface area (Å²) in [6.07, 6.45) is 3.53. The van der Waals surface area contributed by atoms with Crippen LogP contribution in [-0.4, -0.2) is 16.9 Å². The van der Waals surface area contributed by atoms with E-state index in [4.69, 9.17) is 11.6 Å². The molecule has 20 heavy (non-hydrogen) atoms. The molecule has 0 saturated carbocycles. The molecule has 4 heteroatoms. The minimum atomic E-state index is 0.216. The van der Waals surface area contributed by atoms with Crippen LogP contribution in [0.25, 0.3) is 0 Å². The second kappa shape index (κ2) is 7.06. The van der Waals surface area contributed by atoms with Crippen LogP contribution in [0.4, 0.5) is 5.69 Å². The van der Waals surface area contributed by atoms with E-state index in [2.05, 4.69) is 29.1 Å². The van der Waals surface area contributed by atoms with Crippen molar-refractivity contribution in [3.8, 4) is 0 Å². The number of nitrogens with one attached hydrogen (secondary N) is 1. The highest BCUT2D eigenvalue weighted by atomic mass is 35.5. The summed E-state index contributed by atoms with van der Waals surface area (Å²) >= 11 is 5.80. The largest absolute Gasteiger partial charge is 0.340 e. The van der Waals surface area contributed by atoms with Gasteiger partial charge in [-0.2, -0.15) is 0 Å². The summed E-state index contributed by atoms with van der Waals surface area (Å²) in [5.41, 5.74) is 3.12. The van der Waals surface area contributed by atoms with Crippen molar-refractivity contribution >= 4 is 23.1 Å². The molecule has 0 aliphatic heterocycles. The molecule has 0 aliphatic carbocycles. The summed E-state index contributed by atoms with van der Waals surface area (Å²) in [4.78, 5) is 8.68. The van der Waals surface area contributed by atoms with E-state index in [0.29, 0.717) is 5.88 Å². The number of hydrogen-bond acceptors (Lipinski definition) is 2. The molecule has 3 nitrogen and oxygen atoms in total. The molecule has 0 aliphatic rings. The van der Waals surface area contributed by atoms with E-state index in [9.17, 15) is 0 Å². The van der Waals surface area contributed by atoms with Crippen molar-refractivity contribution in [3.63, 3.8) is 0 Å². The first-order valence-electron chi connectivity index (χ1n) is 6.59. The zero-order valence-corrected chi connectivity index (χ0v) is 12.4. The molecule has 2 aromatic rings. The van der Waals surface area contributed by atoms with Gasteiger partial charge in [0.15, 0.2) is 0 Å². The Hall–Kier alpha value is -1.87. The van der Waals surface area contributed by atoms with Crippen LogP contribution < -0.4 is 5.32 Å². The molecule has 1 heterocycles. The summed E-state index contributed by atoms with van der Waals surface area (Å²) in [6, 6.07) is 12.1. The Morgan fingerprint density at radius 3 is 2.35 bits per heavy atom. The van der Waals surface area contributed by atoms with Crippen LogP contribution >= 0.6 is 11.6 Å². The molecule has 1 aromatic heterocycles. The molecule has 0 atom stereocenters. The Morgan fingerprint density at radius 2 is 1.80 bits per heavy atom. The Kier molecular flexibility index (Phi) is 5.13. The number of amidine groups is 1. The Morgan fingerprint density at radius 1 is 1.15 bits per heavy atom. The fraction of sp³-hybridized carbons (Fsp3) is 0.250. The normalized spacial score (nSPS) is 11.7. The third-order valence-corrected chi connectivity index (χ3v) is 3.02. The first-order valence-corrected chi connectivity index (χ1v) is 7.12. The molecule has 1 aromatic carbocycles. The van der Waals surface area contributed by atoms with Gasteiger partial charge in [-0.15, -0.1) is 11.6 Å². The van der Waals surface area contributed by atoms with E-state index >= 15 is 0 Å². The third kappa shape index (κ3) is 4.07. The number of pyridine rings is 1. The molecule has 1 N–H and O–H groups in total. The van der Waals surface area contributed by atoms with Crippen LogP contribution in [0.1, 0.15) is 25.0 Å². The number of halogens is 1. The summed E-state index contributed by atoms with van der Waals surface area (Å²) in [5, 5.41) is 3.36. The Bertz CT molecular complexity index is 562. The lowest BCUT2D eigenvalue weighted by Gasteiger charge is -2.12. The third-order valence-electron chi connectivity index (χ3n) is 2.71. The highest BCUT2D eigenvalue weighted by molar-refractivity contribution is 6.17. The molecule has 104 valence electrons. The highest BCUT2D eigenvalue weighted by Crippen LogP contribution is 2.13. The van der Waals surface area contributed by atoms with E-state index in [-0.39, 0.29) is 6.04 Å². The van der Waals surface area contributed by atoms with Crippen LogP contribution in [0.15, 0.2) is 53.8 Å². The molecule has 0 amide bonds. The molecular weight excluding hydrogens is 270 g/mol. The number of nitrogens with zero attached hydrogens (tertiary/aromatic N) is 2. The quantitative estimate of drug-likeness (QED) is 0.522. The van der Waals surface area contributed by atoms with Gasteiger partial charge in [-0.3, -0.25) is 9.98 Å². The molecule has 0 fully saturated rings. The maximum Gasteiger partial charge on any atom is 0.133 e. The lowest BCUT2D eigenvalue weighted by Crippen LogP contribution is -2.16. The molecule has 0 radical (unpaired) electrons. The van der Waals surface area contributed by atoms with Crippen LogP contribution in [0.2, 0.25) is 0 Å². The fourth-order valence-electron chi connectivity index (χ4n) is 1.76. The van der Waals surface area contributed by atoms with Crippen molar-refractivity contribution in [2.75, 3.05) is 5.32 Å². The number of anilines is 1. The smallest absolute Gasteiger partial charge is 0.133 e. The van der Waals surface area contributed by atoms with Gasteiger partial charge in [0.25, 0.3) is 0 Å². The number of benzene rings is 1. The maximum atomic E-state index is 5.80. The maximum absolute atomic E-state index is 5.80. The number of aromatic nitrogens is 1. The van der Waals surface area contributed by atoms with Gasteiger partial charge in [0.1, 0.15) is 5.84 Å². The topological polar surface area (TPSA) is 37.3 Å². The van der Waals surface area contributed by atoms with Gasteiger partial charge in [0.2, 0.25) is 0 Å². The standard InChI is InChI=1S/C16H18ClN3/c1-12(2)19-16(14-7-9-18-10-8-14)20-15-5-3-13(11-17)4-6-15/h3-10,12H,11H2,1-2H3,(H,19,20). The number of rotatable bonds is 4.